The highest BCUT2D eigenvalue weighted by molar-refractivity contribution is 7.99. The van der Waals surface area contributed by atoms with Crippen molar-refractivity contribution in [1.82, 2.24) is 10.2 Å². The standard InChI is InChI=1S/C14H28N2S/c1-14(2)8-13(10-17-11-14)15-9-12-4-6-16(3)7-5-12/h12-13,15H,4-11H2,1-3H3. The summed E-state index contributed by atoms with van der Waals surface area (Å²) in [4.78, 5) is 2.45. The third-order valence-corrected chi connectivity index (χ3v) is 5.77. The van der Waals surface area contributed by atoms with E-state index in [9.17, 15) is 0 Å². The van der Waals surface area contributed by atoms with Crippen LogP contribution in [-0.4, -0.2) is 49.1 Å². The van der Waals surface area contributed by atoms with Gasteiger partial charge in [-0.1, -0.05) is 13.8 Å². The van der Waals surface area contributed by atoms with Crippen molar-refractivity contribution >= 4 is 11.8 Å². The van der Waals surface area contributed by atoms with Gasteiger partial charge in [0.15, 0.2) is 0 Å². The normalized spacial score (nSPS) is 31.6. The Hall–Kier alpha value is 0.270. The van der Waals surface area contributed by atoms with Gasteiger partial charge < -0.3 is 10.2 Å². The van der Waals surface area contributed by atoms with Crippen LogP contribution in [0.3, 0.4) is 0 Å². The first-order valence-corrected chi connectivity index (χ1v) is 8.20. The van der Waals surface area contributed by atoms with E-state index in [-0.39, 0.29) is 0 Å². The summed E-state index contributed by atoms with van der Waals surface area (Å²) in [5.74, 6) is 3.57. The lowest BCUT2D eigenvalue weighted by atomic mass is 9.87. The van der Waals surface area contributed by atoms with E-state index in [2.05, 4.69) is 42.9 Å². The van der Waals surface area contributed by atoms with Crippen LogP contribution in [0.4, 0.5) is 0 Å². The van der Waals surface area contributed by atoms with Crippen LogP contribution in [0.1, 0.15) is 33.1 Å². The van der Waals surface area contributed by atoms with E-state index in [1.165, 1.54) is 50.4 Å². The topological polar surface area (TPSA) is 15.3 Å². The Kier molecular flexibility index (Phi) is 4.79. The van der Waals surface area contributed by atoms with E-state index < -0.39 is 0 Å². The second kappa shape index (κ2) is 5.94. The van der Waals surface area contributed by atoms with Crippen molar-refractivity contribution in [3.05, 3.63) is 0 Å². The number of nitrogens with zero attached hydrogens (tertiary/aromatic N) is 1. The largest absolute Gasteiger partial charge is 0.313 e. The second-order valence-corrected chi connectivity index (χ2v) is 7.77. The van der Waals surface area contributed by atoms with Crippen LogP contribution in [0, 0.1) is 11.3 Å². The van der Waals surface area contributed by atoms with Gasteiger partial charge in [-0.15, -0.1) is 0 Å². The predicted octanol–water partition coefficient (Wildman–Crippen LogP) is 2.45. The maximum Gasteiger partial charge on any atom is 0.0163 e. The van der Waals surface area contributed by atoms with Gasteiger partial charge >= 0.3 is 0 Å². The van der Waals surface area contributed by atoms with Crippen molar-refractivity contribution in [3.63, 3.8) is 0 Å². The lowest BCUT2D eigenvalue weighted by Crippen LogP contribution is -2.43. The quantitative estimate of drug-likeness (QED) is 0.835. The molecule has 2 heterocycles. The smallest absolute Gasteiger partial charge is 0.0163 e. The fraction of sp³-hybridized carbons (Fsp3) is 1.00. The average molecular weight is 256 g/mol. The Balaban J connectivity index is 1.68. The van der Waals surface area contributed by atoms with Crippen LogP contribution in [-0.2, 0) is 0 Å². The molecular formula is C14H28N2S. The fourth-order valence-electron chi connectivity index (χ4n) is 2.99. The van der Waals surface area contributed by atoms with Crippen LogP contribution in [0.5, 0.6) is 0 Å². The summed E-state index contributed by atoms with van der Waals surface area (Å²) < 4.78 is 0. The van der Waals surface area contributed by atoms with Gasteiger partial charge in [-0.3, -0.25) is 0 Å². The summed E-state index contributed by atoms with van der Waals surface area (Å²) in [6.45, 7) is 8.64. The molecule has 0 amide bonds. The highest BCUT2D eigenvalue weighted by atomic mass is 32.2. The van der Waals surface area contributed by atoms with Crippen molar-refractivity contribution < 1.29 is 0 Å². The van der Waals surface area contributed by atoms with Crippen LogP contribution in [0.15, 0.2) is 0 Å². The SMILES string of the molecule is CN1CCC(CNC2CSCC(C)(C)C2)CC1. The van der Waals surface area contributed by atoms with Crippen LogP contribution in [0.25, 0.3) is 0 Å². The molecule has 2 nitrogen and oxygen atoms in total. The first-order chi connectivity index (χ1) is 8.05. The minimum absolute atomic E-state index is 0.535. The maximum absolute atomic E-state index is 3.82. The fourth-order valence-corrected chi connectivity index (χ4v) is 4.30. The Morgan fingerprint density at radius 3 is 2.65 bits per heavy atom. The molecule has 0 aromatic carbocycles. The summed E-state index contributed by atoms with van der Waals surface area (Å²) in [5, 5.41) is 3.82. The second-order valence-electron chi connectivity index (χ2n) is 6.74. The Morgan fingerprint density at radius 1 is 1.29 bits per heavy atom. The van der Waals surface area contributed by atoms with Crippen LogP contribution >= 0.6 is 11.8 Å². The molecule has 0 bridgehead atoms. The summed E-state index contributed by atoms with van der Waals surface area (Å²) >= 11 is 2.13. The van der Waals surface area contributed by atoms with Crippen molar-refractivity contribution in [3.8, 4) is 0 Å². The van der Waals surface area contributed by atoms with Gasteiger partial charge in [0.1, 0.15) is 0 Å². The Labute approximate surface area is 111 Å². The molecule has 2 fully saturated rings. The predicted molar refractivity (Wildman–Crippen MR) is 77.7 cm³/mol. The summed E-state index contributed by atoms with van der Waals surface area (Å²) in [6.07, 6.45) is 4.12. The molecule has 0 radical (unpaired) electrons. The van der Waals surface area contributed by atoms with Crippen LogP contribution < -0.4 is 5.32 Å². The Morgan fingerprint density at radius 2 is 2.00 bits per heavy atom. The van der Waals surface area contributed by atoms with E-state index in [0.717, 1.165) is 12.0 Å². The molecule has 2 rings (SSSR count). The number of rotatable bonds is 3. The molecule has 2 aliphatic rings. The van der Waals surface area contributed by atoms with Crippen molar-refractivity contribution in [2.24, 2.45) is 11.3 Å². The molecule has 1 N–H and O–H groups in total. The third-order valence-electron chi connectivity index (χ3n) is 4.14. The highest BCUT2D eigenvalue weighted by Crippen LogP contribution is 2.33. The number of piperidine rings is 1. The number of nitrogens with one attached hydrogen (secondary N) is 1. The van der Waals surface area contributed by atoms with Gasteiger partial charge in [0, 0.05) is 11.8 Å². The zero-order valence-corrected chi connectivity index (χ0v) is 12.5. The van der Waals surface area contributed by atoms with Crippen molar-refractivity contribution in [2.45, 2.75) is 39.2 Å². The van der Waals surface area contributed by atoms with Crippen LogP contribution in [0.2, 0.25) is 0 Å². The van der Waals surface area contributed by atoms with Crippen molar-refractivity contribution in [2.75, 3.05) is 38.2 Å². The number of likely N-dealkylation sites (tertiary alicyclic amines) is 1. The van der Waals surface area contributed by atoms with E-state index in [4.69, 9.17) is 0 Å². The van der Waals surface area contributed by atoms with E-state index in [1.54, 1.807) is 0 Å². The van der Waals surface area contributed by atoms with Gasteiger partial charge in [-0.2, -0.15) is 11.8 Å². The van der Waals surface area contributed by atoms with E-state index in [0.29, 0.717) is 5.41 Å². The summed E-state index contributed by atoms with van der Waals surface area (Å²) in [5.41, 5.74) is 0.535. The zero-order valence-electron chi connectivity index (χ0n) is 11.7. The zero-order chi connectivity index (χ0) is 12.3. The van der Waals surface area contributed by atoms with Crippen molar-refractivity contribution in [1.29, 1.82) is 0 Å². The number of hydrogen-bond acceptors (Lipinski definition) is 3. The molecule has 2 aliphatic heterocycles. The molecule has 17 heavy (non-hydrogen) atoms. The lowest BCUT2D eigenvalue weighted by molar-refractivity contribution is 0.208. The molecule has 0 aromatic heterocycles. The number of hydrogen-bond donors (Lipinski definition) is 1. The van der Waals surface area contributed by atoms with E-state index in [1.807, 2.05) is 0 Å². The highest BCUT2D eigenvalue weighted by Gasteiger charge is 2.28. The monoisotopic (exact) mass is 256 g/mol. The molecule has 0 aliphatic carbocycles. The molecule has 3 heteroatoms. The van der Waals surface area contributed by atoms with Gasteiger partial charge in [-0.05, 0) is 63.0 Å². The molecule has 100 valence electrons. The first-order valence-electron chi connectivity index (χ1n) is 7.05. The van der Waals surface area contributed by atoms with Gasteiger partial charge in [0.05, 0.1) is 0 Å². The van der Waals surface area contributed by atoms with Gasteiger partial charge in [0.2, 0.25) is 0 Å². The minimum Gasteiger partial charge on any atom is -0.313 e. The van der Waals surface area contributed by atoms with Gasteiger partial charge in [0.25, 0.3) is 0 Å². The molecule has 1 unspecified atom stereocenters. The molecule has 1 atom stereocenters. The molecular weight excluding hydrogens is 228 g/mol. The average Bonchev–Trinajstić information content (AvgIpc) is 2.27. The lowest BCUT2D eigenvalue weighted by Gasteiger charge is -2.36. The maximum atomic E-state index is 3.82. The Bertz CT molecular complexity index is 234. The van der Waals surface area contributed by atoms with Gasteiger partial charge in [-0.25, -0.2) is 0 Å². The minimum atomic E-state index is 0.535. The third kappa shape index (κ3) is 4.46. The summed E-state index contributed by atoms with van der Waals surface area (Å²) in [7, 11) is 2.24. The first kappa shape index (κ1) is 13.7. The molecule has 2 saturated heterocycles. The molecule has 0 spiro atoms. The molecule has 0 aromatic rings. The number of thioether (sulfide) groups is 1. The summed E-state index contributed by atoms with van der Waals surface area (Å²) in [6, 6.07) is 0.753. The molecule has 0 saturated carbocycles. The van der Waals surface area contributed by atoms with E-state index >= 15 is 0 Å².